The molecule has 1 unspecified atom stereocenters. The van der Waals surface area contributed by atoms with Gasteiger partial charge in [0.2, 0.25) is 6.29 Å². The molecule has 1 aromatic carbocycles. The number of nitrogens with zero attached hydrogens (tertiary/aromatic N) is 1. The Morgan fingerprint density at radius 2 is 1.97 bits per heavy atom. The third-order valence-electron chi connectivity index (χ3n) is 8.11. The molecule has 37 heavy (non-hydrogen) atoms. The maximum atomic E-state index is 13.8. The molecule has 0 saturated carbocycles. The number of esters is 1. The van der Waals surface area contributed by atoms with Gasteiger partial charge in [0, 0.05) is 29.5 Å². The van der Waals surface area contributed by atoms with Crippen LogP contribution in [0.25, 0.3) is 5.57 Å². The fourth-order valence-corrected chi connectivity index (χ4v) is 6.36. The predicted octanol–water partition coefficient (Wildman–Crippen LogP) is 0.326. The van der Waals surface area contributed by atoms with Crippen molar-refractivity contribution in [1.82, 2.24) is 4.90 Å². The van der Waals surface area contributed by atoms with E-state index in [9.17, 15) is 29.7 Å². The van der Waals surface area contributed by atoms with Crippen LogP contribution in [0.15, 0.2) is 28.2 Å². The molecule has 4 aliphatic heterocycles. The number of ether oxygens (including phenoxy) is 4. The number of fused-ring (bicyclic) bond motifs is 7. The first-order valence-corrected chi connectivity index (χ1v) is 12.2. The van der Waals surface area contributed by atoms with Crippen LogP contribution in [0.5, 0.6) is 11.5 Å². The number of methoxy groups -OCH3 is 1. The Morgan fingerprint density at radius 1 is 1.24 bits per heavy atom. The van der Waals surface area contributed by atoms with E-state index in [1.54, 1.807) is 24.8 Å². The monoisotopic (exact) mass is 513 g/mol. The van der Waals surface area contributed by atoms with Gasteiger partial charge < -0.3 is 39.2 Å². The van der Waals surface area contributed by atoms with E-state index in [1.807, 2.05) is 6.92 Å². The standard InChI is InChI=1S/C26H27NO10/c1-5-14-19-17-11(6-9(2)27(19)8-15(29)36-14)16-12(20(17)30)7-13(28)18-23(21(16)31)37-25-26(18,33)24(32)22(34-4)10(3)35-25/h6-7,10,14,19,22,24-25,31-33H,5,8H2,1-4H3/t10-,14-,19?,22-,24-,25+,26-/m1/s1. The highest BCUT2D eigenvalue weighted by Gasteiger charge is 2.63. The van der Waals surface area contributed by atoms with Crippen molar-refractivity contribution < 1.29 is 43.9 Å². The Kier molecular flexibility index (Phi) is 5.13. The van der Waals surface area contributed by atoms with Gasteiger partial charge >= 0.3 is 5.97 Å². The van der Waals surface area contributed by atoms with Gasteiger partial charge in [-0.3, -0.25) is 14.4 Å². The van der Waals surface area contributed by atoms with E-state index in [-0.39, 0.29) is 23.4 Å². The third-order valence-corrected chi connectivity index (χ3v) is 8.11. The molecule has 0 aromatic heterocycles. The molecule has 4 heterocycles. The largest absolute Gasteiger partial charge is 0.504 e. The Bertz CT molecular complexity index is 1380. The number of Topliss-reactive ketones (excluding diaryl/α,β-unsaturated/α-hetero) is 1. The van der Waals surface area contributed by atoms with Crippen LogP contribution < -0.4 is 10.2 Å². The lowest BCUT2D eigenvalue weighted by Crippen LogP contribution is -2.63. The average molecular weight is 513 g/mol. The van der Waals surface area contributed by atoms with E-state index in [1.165, 1.54) is 7.11 Å². The fraction of sp³-hybridized carbons (Fsp3) is 0.500. The minimum atomic E-state index is -2.34. The number of aliphatic hydroxyl groups excluding tert-OH is 1. The van der Waals surface area contributed by atoms with Gasteiger partial charge in [0.15, 0.2) is 28.3 Å². The molecule has 3 N–H and O–H groups in total. The topological polar surface area (TPSA) is 152 Å². The van der Waals surface area contributed by atoms with Crippen molar-refractivity contribution in [3.63, 3.8) is 0 Å². The highest BCUT2D eigenvalue weighted by Crippen LogP contribution is 2.54. The molecule has 0 radical (unpaired) electrons. The molecule has 1 aromatic rings. The number of aromatic hydroxyl groups is 1. The molecule has 0 spiro atoms. The zero-order chi connectivity index (χ0) is 26.5. The van der Waals surface area contributed by atoms with Crippen LogP contribution in [0, 0.1) is 0 Å². The predicted molar refractivity (Wildman–Crippen MR) is 126 cm³/mol. The molecular formula is C26H27NO10. The van der Waals surface area contributed by atoms with Crippen molar-refractivity contribution in [1.29, 1.82) is 0 Å². The highest BCUT2D eigenvalue weighted by molar-refractivity contribution is 6.24. The molecule has 11 heteroatoms. The SMILES string of the molecule is CC[C@H]1OC(=O)CN2C(C)=CC3=C(C(=O)c4cc(=O)c5c(c(O)c43)O[C@@H]3O[C@H](C)[C@@H](OC)[C@@H](O)[C@]53O)C12. The van der Waals surface area contributed by atoms with Crippen molar-refractivity contribution >= 4 is 17.3 Å². The lowest BCUT2D eigenvalue weighted by Gasteiger charge is -2.44. The summed E-state index contributed by atoms with van der Waals surface area (Å²) in [7, 11) is 1.34. The molecule has 0 amide bonds. The molecule has 11 nitrogen and oxygen atoms in total. The van der Waals surface area contributed by atoms with Crippen molar-refractivity contribution in [2.75, 3.05) is 13.7 Å². The van der Waals surface area contributed by atoms with Crippen LogP contribution in [-0.2, 0) is 24.6 Å². The molecule has 2 fully saturated rings. The molecule has 5 aliphatic rings. The summed E-state index contributed by atoms with van der Waals surface area (Å²) in [6, 6.07) is 0.463. The number of carbonyl (C=O) groups is 2. The Labute approximate surface area is 211 Å². The van der Waals surface area contributed by atoms with E-state index in [0.717, 1.165) is 6.07 Å². The summed E-state index contributed by atoms with van der Waals surface area (Å²) in [5.41, 5.74) is -2.15. The summed E-state index contributed by atoms with van der Waals surface area (Å²) in [5.74, 6) is -1.78. The molecule has 2 saturated heterocycles. The lowest BCUT2D eigenvalue weighted by atomic mass is 9.82. The van der Waals surface area contributed by atoms with Crippen molar-refractivity contribution in [2.45, 2.75) is 69.5 Å². The van der Waals surface area contributed by atoms with Gasteiger partial charge in [-0.1, -0.05) is 6.92 Å². The zero-order valence-electron chi connectivity index (χ0n) is 20.7. The van der Waals surface area contributed by atoms with Gasteiger partial charge in [0.25, 0.3) is 0 Å². The fourth-order valence-electron chi connectivity index (χ4n) is 6.36. The molecule has 7 atom stereocenters. The highest BCUT2D eigenvalue weighted by atomic mass is 16.7. The van der Waals surface area contributed by atoms with Crippen LogP contribution in [-0.4, -0.2) is 82.4 Å². The van der Waals surface area contributed by atoms with E-state index >= 15 is 0 Å². The van der Waals surface area contributed by atoms with E-state index < -0.39 is 70.8 Å². The zero-order valence-corrected chi connectivity index (χ0v) is 20.7. The number of hydrogen-bond donors (Lipinski definition) is 3. The normalized spacial score (nSPS) is 35.6. The van der Waals surface area contributed by atoms with Crippen molar-refractivity contribution in [3.05, 3.63) is 50.3 Å². The molecule has 196 valence electrons. The Hall–Kier alpha value is -3.25. The van der Waals surface area contributed by atoms with Crippen LogP contribution in [0.3, 0.4) is 0 Å². The van der Waals surface area contributed by atoms with Crippen molar-refractivity contribution in [2.24, 2.45) is 0 Å². The first kappa shape index (κ1) is 24.1. The van der Waals surface area contributed by atoms with Crippen LogP contribution >= 0.6 is 0 Å². The second-order valence-corrected chi connectivity index (χ2v) is 10.1. The number of allylic oxidation sites excluding steroid dienone is 3. The summed E-state index contributed by atoms with van der Waals surface area (Å²) in [6.45, 7) is 5.23. The van der Waals surface area contributed by atoms with Gasteiger partial charge in [0.1, 0.15) is 24.9 Å². The maximum Gasteiger partial charge on any atom is 0.325 e. The summed E-state index contributed by atoms with van der Waals surface area (Å²) in [6.07, 6.45) is -3.24. The first-order chi connectivity index (χ1) is 17.5. The minimum Gasteiger partial charge on any atom is -0.504 e. The molecule has 0 bridgehead atoms. The number of hydrogen-bond acceptors (Lipinski definition) is 11. The summed E-state index contributed by atoms with van der Waals surface area (Å²) in [4.78, 5) is 41.3. The maximum absolute atomic E-state index is 13.8. The van der Waals surface area contributed by atoms with Gasteiger partial charge in [-0.2, -0.15) is 0 Å². The number of cyclic esters (lactones) is 1. The Morgan fingerprint density at radius 3 is 2.65 bits per heavy atom. The summed E-state index contributed by atoms with van der Waals surface area (Å²) >= 11 is 0. The van der Waals surface area contributed by atoms with E-state index in [0.29, 0.717) is 23.3 Å². The quantitative estimate of drug-likeness (QED) is 0.469. The molecular weight excluding hydrogens is 486 g/mol. The van der Waals surface area contributed by atoms with Gasteiger partial charge in [-0.05, 0) is 38.0 Å². The minimum absolute atomic E-state index is 0.0300. The summed E-state index contributed by atoms with van der Waals surface area (Å²) < 4.78 is 22.3. The lowest BCUT2D eigenvalue weighted by molar-refractivity contribution is -0.310. The first-order valence-electron chi connectivity index (χ1n) is 12.2. The van der Waals surface area contributed by atoms with Gasteiger partial charge in [-0.15, -0.1) is 0 Å². The van der Waals surface area contributed by atoms with Crippen LogP contribution in [0.1, 0.15) is 48.7 Å². The van der Waals surface area contributed by atoms with Crippen LogP contribution in [0.4, 0.5) is 0 Å². The number of carbonyl (C=O) groups excluding carboxylic acids is 2. The number of morpholine rings is 1. The van der Waals surface area contributed by atoms with E-state index in [2.05, 4.69) is 0 Å². The van der Waals surface area contributed by atoms with Gasteiger partial charge in [0.05, 0.1) is 17.7 Å². The van der Waals surface area contributed by atoms with Gasteiger partial charge in [-0.25, -0.2) is 0 Å². The second kappa shape index (κ2) is 7.87. The average Bonchev–Trinajstić information content (AvgIpc) is 3.26. The molecule has 1 aliphatic carbocycles. The second-order valence-electron chi connectivity index (χ2n) is 10.1. The number of ketones is 1. The number of aliphatic hydroxyl groups is 2. The molecule has 6 rings (SSSR count). The van der Waals surface area contributed by atoms with Crippen LogP contribution in [0.2, 0.25) is 0 Å². The van der Waals surface area contributed by atoms with E-state index in [4.69, 9.17) is 18.9 Å². The Balaban J connectivity index is 1.58. The van der Waals surface area contributed by atoms with Crippen molar-refractivity contribution in [3.8, 4) is 11.5 Å². The summed E-state index contributed by atoms with van der Waals surface area (Å²) in [5, 5.41) is 34.1. The number of rotatable bonds is 2. The third kappa shape index (κ3) is 2.93. The smallest absolute Gasteiger partial charge is 0.325 e.